The Kier molecular flexibility index (Phi) is 10.4. The molecule has 48 heavy (non-hydrogen) atoms. The van der Waals surface area contributed by atoms with E-state index in [1.807, 2.05) is 0 Å². The smallest absolute Gasteiger partial charge is 0.432 e. The summed E-state index contributed by atoms with van der Waals surface area (Å²) in [7, 11) is -4.87. The first-order valence-corrected chi connectivity index (χ1v) is 16.8. The molecule has 1 N–H and O–H groups in total. The fraction of sp³-hybridized carbons (Fsp3) is 0.750. The van der Waals surface area contributed by atoms with Gasteiger partial charge in [0.2, 0.25) is 13.6 Å². The van der Waals surface area contributed by atoms with Crippen LogP contribution in [0.4, 0.5) is 19.8 Å². The number of hydrogen-bond donors (Lipinski definition) is 1. The van der Waals surface area contributed by atoms with Crippen LogP contribution in [0.5, 0.6) is 0 Å². The lowest BCUT2D eigenvalue weighted by atomic mass is 9.95. The Hall–Kier alpha value is -3.19. The van der Waals surface area contributed by atoms with E-state index in [1.165, 1.54) is 17.2 Å². The number of alkyl halides is 1. The van der Waals surface area contributed by atoms with Crippen molar-refractivity contribution in [3.63, 3.8) is 0 Å². The summed E-state index contributed by atoms with van der Waals surface area (Å²) in [5.74, 6) is -3.59. The molecule has 0 radical (unpaired) electrons. The van der Waals surface area contributed by atoms with Crippen molar-refractivity contribution < 1.29 is 66.6 Å². The molecule has 0 bridgehead atoms. The normalized spacial score (nSPS) is 26.6. The minimum absolute atomic E-state index is 0.0922. The Morgan fingerprint density at radius 1 is 1.06 bits per heavy atom. The summed E-state index contributed by atoms with van der Waals surface area (Å²) in [6, 6.07) is 0. The topological polar surface area (TPSA) is 199 Å². The zero-order valence-electron chi connectivity index (χ0n) is 28.2. The molecule has 4 heterocycles. The van der Waals surface area contributed by atoms with Gasteiger partial charge in [-0.05, 0) is 54.4 Å². The first-order valence-electron chi connectivity index (χ1n) is 16.1. The summed E-state index contributed by atoms with van der Waals surface area (Å²) in [5.41, 5.74) is -0.864. The number of carbonyl (C=O) groups is 2. The minimum Gasteiger partial charge on any atom is -0.432 e. The zero-order valence-corrected chi connectivity index (χ0v) is 28.1. The molecule has 1 saturated carbocycles. The third-order valence-corrected chi connectivity index (χ3v) is 8.86. The van der Waals surface area contributed by atoms with Gasteiger partial charge in [-0.2, -0.15) is 0 Å². The Bertz CT molecular complexity index is 1500. The molecule has 4 atom stereocenters. The molecule has 2 aromatic rings. The summed E-state index contributed by atoms with van der Waals surface area (Å²) >= 11 is 0. The van der Waals surface area contributed by atoms with Crippen molar-refractivity contribution in [3.05, 3.63) is 12.7 Å². The molecule has 5 rings (SSSR count). The molecule has 268 valence electrons. The predicted molar refractivity (Wildman–Crippen MR) is 160 cm³/mol. The van der Waals surface area contributed by atoms with Crippen LogP contribution in [-0.4, -0.2) is 94.1 Å². The molecule has 18 nitrogen and oxygen atoms in total. The number of nitrogens with zero attached hydrogens (tertiary/aromatic N) is 4. The standard InChI is InChI=1S/C28H41FN5O13P/c1-7-30-20-19-21(32-13-31-20)34(14-33-19)23-26(6)22(45-27(47-26)10-8-9-11-27)28(29,46-23)12-40-48(37,41-15-38-24(35)43-17(2)3)42-16-39-25(36)44-18(4)5/h13-14,17-18,22-23H,7-12,15-16H2,1-6H3,(H,30,31,32)/t22-,23+,26+,28+/m0/s1/i1T. The van der Waals surface area contributed by atoms with Crippen LogP contribution in [0.3, 0.4) is 0 Å². The van der Waals surface area contributed by atoms with Gasteiger partial charge in [-0.15, -0.1) is 0 Å². The highest BCUT2D eigenvalue weighted by Crippen LogP contribution is 2.60. The van der Waals surface area contributed by atoms with Crippen LogP contribution in [0.1, 0.15) is 74.8 Å². The van der Waals surface area contributed by atoms with Crippen molar-refractivity contribution in [2.24, 2.45) is 0 Å². The van der Waals surface area contributed by atoms with Gasteiger partial charge in [0, 0.05) is 20.8 Å². The van der Waals surface area contributed by atoms with Crippen molar-refractivity contribution in [1.82, 2.24) is 19.5 Å². The van der Waals surface area contributed by atoms with Gasteiger partial charge >= 0.3 is 20.1 Å². The molecule has 1 aliphatic carbocycles. The molecule has 2 aliphatic heterocycles. The average molecular weight is 708 g/mol. The second-order valence-corrected chi connectivity index (χ2v) is 13.6. The number of fused-ring (bicyclic) bond motifs is 2. The van der Waals surface area contributed by atoms with Crippen molar-refractivity contribution in [1.29, 1.82) is 0 Å². The minimum atomic E-state index is -4.87. The maximum atomic E-state index is 17.3. The first-order chi connectivity index (χ1) is 23.2. The van der Waals surface area contributed by atoms with Crippen LogP contribution in [-0.2, 0) is 51.3 Å². The lowest BCUT2D eigenvalue weighted by Crippen LogP contribution is -2.47. The van der Waals surface area contributed by atoms with Gasteiger partial charge in [0.05, 0.1) is 18.5 Å². The van der Waals surface area contributed by atoms with Gasteiger partial charge in [-0.25, -0.2) is 42.5 Å². The number of carbonyl (C=O) groups excluding carboxylic acids is 2. The van der Waals surface area contributed by atoms with E-state index in [1.54, 1.807) is 34.6 Å². The van der Waals surface area contributed by atoms with E-state index in [0.29, 0.717) is 30.7 Å². The van der Waals surface area contributed by atoms with Gasteiger partial charge in [-0.3, -0.25) is 9.09 Å². The second-order valence-electron chi connectivity index (χ2n) is 12.0. The monoisotopic (exact) mass is 707 g/mol. The SMILES string of the molecule is [3H]CCNc1ncnc2c1ncn2[C@@H]1O[C@](F)(COP(=O)(OCOC(=O)OC(C)C)OCOC(=O)OC(C)C)[C@H]2OC3(CCCC3)O[C@@]12C. The molecule has 0 amide bonds. The second kappa shape index (κ2) is 14.3. The molecule has 2 saturated heterocycles. The van der Waals surface area contributed by atoms with E-state index < -0.39 is 82.1 Å². The summed E-state index contributed by atoms with van der Waals surface area (Å²) in [6.45, 7) is 5.24. The van der Waals surface area contributed by atoms with E-state index in [2.05, 4.69) is 20.3 Å². The molecule has 0 aromatic carbocycles. The maximum absolute atomic E-state index is 17.3. The van der Waals surface area contributed by atoms with E-state index in [4.69, 9.17) is 48.1 Å². The third-order valence-electron chi connectivity index (χ3n) is 7.58. The van der Waals surface area contributed by atoms with E-state index in [-0.39, 0.29) is 12.5 Å². The molecular weight excluding hydrogens is 664 g/mol. The van der Waals surface area contributed by atoms with Crippen molar-refractivity contribution in [3.8, 4) is 0 Å². The summed E-state index contributed by atoms with van der Waals surface area (Å²) < 4.78 is 93.4. The van der Waals surface area contributed by atoms with Crippen LogP contribution in [0.2, 0.25) is 0 Å². The summed E-state index contributed by atoms with van der Waals surface area (Å²) in [5, 5.41) is 3.01. The van der Waals surface area contributed by atoms with Crippen LogP contribution < -0.4 is 5.32 Å². The Morgan fingerprint density at radius 3 is 2.31 bits per heavy atom. The maximum Gasteiger partial charge on any atom is 0.510 e. The molecule has 3 aliphatic rings. The van der Waals surface area contributed by atoms with Crippen molar-refractivity contribution >= 4 is 37.1 Å². The summed E-state index contributed by atoms with van der Waals surface area (Å²) in [4.78, 5) is 36.6. The number of imidazole rings is 1. The molecule has 2 aromatic heterocycles. The largest absolute Gasteiger partial charge is 0.510 e. The van der Waals surface area contributed by atoms with Crippen LogP contribution >= 0.6 is 7.82 Å². The van der Waals surface area contributed by atoms with Crippen LogP contribution in [0.25, 0.3) is 11.2 Å². The molecule has 3 fully saturated rings. The lowest BCUT2D eigenvalue weighted by molar-refractivity contribution is -0.278. The van der Waals surface area contributed by atoms with Gasteiger partial charge in [0.25, 0.3) is 5.85 Å². The number of anilines is 1. The molecule has 0 unspecified atom stereocenters. The third kappa shape index (κ3) is 7.66. The van der Waals surface area contributed by atoms with Crippen LogP contribution in [0, 0.1) is 0 Å². The van der Waals surface area contributed by atoms with Gasteiger partial charge < -0.3 is 38.5 Å². The lowest BCUT2D eigenvalue weighted by Gasteiger charge is -2.32. The Morgan fingerprint density at radius 2 is 1.71 bits per heavy atom. The Labute approximate surface area is 277 Å². The number of aromatic nitrogens is 4. The molecular formula is C28H41FN5O13P. The van der Waals surface area contributed by atoms with E-state index in [9.17, 15) is 14.2 Å². The number of rotatable bonds is 14. The number of phosphoric acid groups is 1. The number of ether oxygens (including phenoxy) is 7. The Balaban J connectivity index is 1.39. The molecule has 1 spiro atoms. The number of nitrogens with one attached hydrogen (secondary N) is 1. The average Bonchev–Trinajstić information content (AvgIpc) is 3.78. The van der Waals surface area contributed by atoms with E-state index >= 15 is 4.39 Å². The predicted octanol–water partition coefficient (Wildman–Crippen LogP) is 5.09. The number of phosphoric ester groups is 1. The number of halogens is 1. The number of hydrogen-bond acceptors (Lipinski definition) is 17. The van der Waals surface area contributed by atoms with Gasteiger partial charge in [-0.1, -0.05) is 0 Å². The highest BCUT2D eigenvalue weighted by atomic mass is 31.2. The van der Waals surface area contributed by atoms with Gasteiger partial charge in [0.1, 0.15) is 18.5 Å². The van der Waals surface area contributed by atoms with Crippen molar-refractivity contribution in [2.45, 2.75) is 109 Å². The highest BCUT2D eigenvalue weighted by Gasteiger charge is 2.73. The highest BCUT2D eigenvalue weighted by molar-refractivity contribution is 7.48. The summed E-state index contributed by atoms with van der Waals surface area (Å²) in [6.07, 6.45) is -0.777. The zero-order chi connectivity index (χ0) is 35.5. The molecule has 20 heteroatoms. The van der Waals surface area contributed by atoms with Gasteiger partial charge in [0.15, 0.2) is 35.1 Å². The fourth-order valence-corrected chi connectivity index (χ4v) is 6.65. The fourth-order valence-electron chi connectivity index (χ4n) is 5.73. The first kappa shape index (κ1) is 34.7. The quantitative estimate of drug-likeness (QED) is 0.154. The van der Waals surface area contributed by atoms with Crippen molar-refractivity contribution in [2.75, 3.05) is 32.1 Å². The van der Waals surface area contributed by atoms with Crippen LogP contribution in [0.15, 0.2) is 12.7 Å². The van der Waals surface area contributed by atoms with E-state index in [0.717, 1.165) is 12.8 Å².